The number of carbonyl (C=O) groups excluding carboxylic acids is 2. The van der Waals surface area contributed by atoms with E-state index in [4.69, 9.17) is 30.8 Å². The lowest BCUT2D eigenvalue weighted by molar-refractivity contribution is -0.147. The predicted molar refractivity (Wildman–Crippen MR) is 133 cm³/mol. The molecule has 0 saturated carbocycles. The van der Waals surface area contributed by atoms with Gasteiger partial charge in [0, 0.05) is 40.4 Å². The van der Waals surface area contributed by atoms with Crippen LogP contribution >= 0.6 is 11.6 Å². The number of fused-ring (bicyclic) bond motifs is 1. The minimum atomic E-state index is -0.748. The second-order valence-corrected chi connectivity index (χ2v) is 10.2. The average molecular weight is 494 g/mol. The van der Waals surface area contributed by atoms with Gasteiger partial charge < -0.3 is 14.2 Å². The third-order valence-corrected chi connectivity index (χ3v) is 7.13. The van der Waals surface area contributed by atoms with E-state index in [0.29, 0.717) is 52.8 Å². The lowest BCUT2D eigenvalue weighted by Crippen LogP contribution is -2.38. The van der Waals surface area contributed by atoms with Gasteiger partial charge in [-0.05, 0) is 42.4 Å². The number of ketones is 1. The van der Waals surface area contributed by atoms with E-state index in [0.717, 1.165) is 11.3 Å². The van der Waals surface area contributed by atoms with Gasteiger partial charge in [0.15, 0.2) is 17.3 Å². The van der Waals surface area contributed by atoms with Crippen molar-refractivity contribution in [2.24, 2.45) is 16.8 Å². The molecule has 3 atom stereocenters. The van der Waals surface area contributed by atoms with Crippen LogP contribution in [0.3, 0.4) is 0 Å². The molecular weight excluding hydrogens is 466 g/mol. The van der Waals surface area contributed by atoms with Crippen LogP contribution < -0.4 is 9.47 Å². The Hall–Kier alpha value is -3.12. The van der Waals surface area contributed by atoms with Gasteiger partial charge in [0.2, 0.25) is 6.79 Å². The number of hydrogen-bond acceptors (Lipinski definition) is 6. The third kappa shape index (κ3) is 4.47. The Balaban J connectivity index is 1.61. The molecule has 1 aliphatic carbocycles. The molecule has 0 amide bonds. The van der Waals surface area contributed by atoms with E-state index in [2.05, 4.69) is 0 Å². The average Bonchev–Trinajstić information content (AvgIpc) is 3.28. The molecule has 1 unspecified atom stereocenters. The highest BCUT2D eigenvalue weighted by molar-refractivity contribution is 6.32. The summed E-state index contributed by atoms with van der Waals surface area (Å²) in [7, 11) is 0. The van der Waals surface area contributed by atoms with Crippen LogP contribution in [0.4, 0.5) is 0 Å². The molecule has 0 saturated heterocycles. The summed E-state index contributed by atoms with van der Waals surface area (Å²) in [6.45, 7) is 6.19. The number of Topliss-reactive ketones (excluding diaryl/α,β-unsaturated/α-hetero) is 1. The Kier molecular flexibility index (Phi) is 6.41. The van der Waals surface area contributed by atoms with Crippen molar-refractivity contribution in [2.45, 2.75) is 45.4 Å². The van der Waals surface area contributed by atoms with Crippen molar-refractivity contribution in [1.29, 1.82) is 0 Å². The van der Waals surface area contributed by atoms with E-state index in [1.54, 1.807) is 12.1 Å². The highest BCUT2D eigenvalue weighted by Crippen LogP contribution is 2.50. The fourth-order valence-corrected chi connectivity index (χ4v) is 5.44. The first-order valence-corrected chi connectivity index (χ1v) is 12.3. The number of aliphatic imine (C=N–C) groups is 1. The van der Waals surface area contributed by atoms with E-state index < -0.39 is 17.8 Å². The van der Waals surface area contributed by atoms with Crippen molar-refractivity contribution in [3.63, 3.8) is 0 Å². The van der Waals surface area contributed by atoms with E-state index in [9.17, 15) is 9.59 Å². The van der Waals surface area contributed by atoms with Gasteiger partial charge in [-0.3, -0.25) is 14.6 Å². The van der Waals surface area contributed by atoms with Crippen LogP contribution in [0.2, 0.25) is 5.02 Å². The number of carbonyl (C=O) groups is 2. The summed E-state index contributed by atoms with van der Waals surface area (Å²) < 4.78 is 16.7. The van der Waals surface area contributed by atoms with Crippen LogP contribution in [0.25, 0.3) is 0 Å². The van der Waals surface area contributed by atoms with Crippen LogP contribution in [0.5, 0.6) is 11.5 Å². The van der Waals surface area contributed by atoms with Crippen molar-refractivity contribution in [2.75, 3.05) is 13.4 Å². The smallest absolute Gasteiger partial charge is 0.315 e. The van der Waals surface area contributed by atoms with E-state index in [1.807, 2.05) is 51.1 Å². The number of allylic oxidation sites excluding steroid dienone is 2. The highest BCUT2D eigenvalue weighted by Gasteiger charge is 2.46. The van der Waals surface area contributed by atoms with Gasteiger partial charge in [0.1, 0.15) is 5.92 Å². The lowest BCUT2D eigenvalue weighted by Gasteiger charge is -2.37. The zero-order valence-electron chi connectivity index (χ0n) is 20.0. The largest absolute Gasteiger partial charge is 0.465 e. The van der Waals surface area contributed by atoms with Gasteiger partial charge in [-0.15, -0.1) is 0 Å². The molecule has 2 aromatic rings. The van der Waals surface area contributed by atoms with Crippen molar-refractivity contribution in [1.82, 2.24) is 0 Å². The highest BCUT2D eigenvalue weighted by atomic mass is 35.5. The van der Waals surface area contributed by atoms with Gasteiger partial charge in [0.25, 0.3) is 0 Å². The monoisotopic (exact) mass is 493 g/mol. The standard InChI is InChI=1S/C28H28ClNO5/c1-15(2)13-33-28(32)25-16(3)30-21-9-18(17-7-5-4-6-8-17)10-22(31)27(21)26(25)19-11-23-24(12-20(19)29)35-14-34-23/h4-8,11-12,15,18,25-26H,9-10,13-14H2,1-3H3/t18-,25?,26+/m1/s1. The van der Waals surface area contributed by atoms with Gasteiger partial charge in [0.05, 0.1) is 6.61 Å². The molecule has 0 fully saturated rings. The zero-order valence-corrected chi connectivity index (χ0v) is 20.8. The number of halogens is 1. The summed E-state index contributed by atoms with van der Waals surface area (Å²) in [4.78, 5) is 31.9. The Morgan fingerprint density at radius 2 is 1.86 bits per heavy atom. The molecule has 5 rings (SSSR count). The minimum Gasteiger partial charge on any atom is -0.465 e. The fraction of sp³-hybridized carbons (Fsp3) is 0.393. The number of esters is 1. The first-order chi connectivity index (χ1) is 16.8. The maximum absolute atomic E-state index is 13.7. The maximum Gasteiger partial charge on any atom is 0.315 e. The molecule has 2 heterocycles. The molecule has 0 spiro atoms. The summed E-state index contributed by atoms with van der Waals surface area (Å²) in [5.74, 6) is -0.448. The van der Waals surface area contributed by atoms with Crippen LogP contribution in [0.15, 0.2) is 58.7 Å². The van der Waals surface area contributed by atoms with Crippen molar-refractivity contribution < 1.29 is 23.8 Å². The number of rotatable bonds is 5. The molecule has 7 heteroatoms. The first kappa shape index (κ1) is 23.6. The molecule has 0 aromatic heterocycles. The normalized spacial score (nSPS) is 23.3. The topological polar surface area (TPSA) is 74.2 Å². The molecule has 35 heavy (non-hydrogen) atoms. The summed E-state index contributed by atoms with van der Waals surface area (Å²) >= 11 is 6.73. The molecule has 182 valence electrons. The third-order valence-electron chi connectivity index (χ3n) is 6.80. The Morgan fingerprint density at radius 3 is 2.57 bits per heavy atom. The zero-order chi connectivity index (χ0) is 24.7. The Bertz CT molecular complexity index is 1230. The Morgan fingerprint density at radius 1 is 1.14 bits per heavy atom. The molecule has 6 nitrogen and oxygen atoms in total. The molecule has 2 aromatic carbocycles. The van der Waals surface area contributed by atoms with E-state index >= 15 is 0 Å². The van der Waals surface area contributed by atoms with Crippen molar-refractivity contribution in [3.8, 4) is 11.5 Å². The van der Waals surface area contributed by atoms with Crippen LogP contribution in [-0.4, -0.2) is 30.9 Å². The van der Waals surface area contributed by atoms with Crippen molar-refractivity contribution >= 4 is 29.1 Å². The number of hydrogen-bond donors (Lipinski definition) is 0. The summed E-state index contributed by atoms with van der Waals surface area (Å²) in [6.07, 6.45) is 0.971. The molecular formula is C28H28ClNO5. The fourth-order valence-electron chi connectivity index (χ4n) is 5.17. The quantitative estimate of drug-likeness (QED) is 0.489. The van der Waals surface area contributed by atoms with Crippen molar-refractivity contribution in [3.05, 3.63) is 69.9 Å². The molecule has 0 bridgehead atoms. The first-order valence-electron chi connectivity index (χ1n) is 12.0. The summed E-state index contributed by atoms with van der Waals surface area (Å²) in [6, 6.07) is 13.5. The number of ether oxygens (including phenoxy) is 3. The summed E-state index contributed by atoms with van der Waals surface area (Å²) in [5, 5.41) is 0.417. The van der Waals surface area contributed by atoms with Gasteiger partial charge >= 0.3 is 5.97 Å². The SMILES string of the molecule is CC1=NC2=C(C(=O)C[C@H](c3ccccc3)C2)[C@@H](c2cc3c(cc2Cl)OCO3)C1C(=O)OCC(C)C. The molecule has 0 N–H and O–H groups in total. The van der Waals surface area contributed by atoms with Gasteiger partial charge in [-0.1, -0.05) is 55.8 Å². The van der Waals surface area contributed by atoms with Crippen LogP contribution in [0.1, 0.15) is 56.6 Å². The van der Waals surface area contributed by atoms with E-state index in [1.165, 1.54) is 0 Å². The molecule has 0 radical (unpaired) electrons. The maximum atomic E-state index is 13.7. The van der Waals surface area contributed by atoms with E-state index in [-0.39, 0.29) is 24.4 Å². The number of benzene rings is 2. The second-order valence-electron chi connectivity index (χ2n) is 9.76. The minimum absolute atomic E-state index is 0.0169. The Labute approximate surface area is 209 Å². The summed E-state index contributed by atoms with van der Waals surface area (Å²) in [5.41, 5.74) is 3.65. The second kappa shape index (κ2) is 9.50. The predicted octanol–water partition coefficient (Wildman–Crippen LogP) is 5.84. The number of nitrogens with zero attached hydrogens (tertiary/aromatic N) is 1. The van der Waals surface area contributed by atoms with Gasteiger partial charge in [-0.25, -0.2) is 0 Å². The molecule has 2 aliphatic heterocycles. The molecule has 3 aliphatic rings. The lowest BCUT2D eigenvalue weighted by atomic mass is 9.69. The van der Waals surface area contributed by atoms with Crippen LogP contribution in [-0.2, 0) is 14.3 Å². The van der Waals surface area contributed by atoms with Gasteiger partial charge in [-0.2, -0.15) is 0 Å². The van der Waals surface area contributed by atoms with Crippen LogP contribution in [0, 0.1) is 11.8 Å².